The zero-order chi connectivity index (χ0) is 14.1. The van der Waals surface area contributed by atoms with Gasteiger partial charge in [-0.15, -0.1) is 0 Å². The largest absolute Gasteiger partial charge is 0.289 e. The molecule has 0 amide bonds. The number of aromatic nitrogens is 1. The van der Waals surface area contributed by atoms with Crippen molar-refractivity contribution in [1.82, 2.24) is 4.98 Å². The number of hydrogen-bond donors (Lipinski definition) is 0. The summed E-state index contributed by atoms with van der Waals surface area (Å²) in [5, 5.41) is 1.44. The van der Waals surface area contributed by atoms with Crippen molar-refractivity contribution in [3.05, 3.63) is 75.4 Å². The minimum atomic E-state index is -0.0408. The highest BCUT2D eigenvalue weighted by Crippen LogP contribution is 2.26. The molecular formula is C16H9BrClNO. The van der Waals surface area contributed by atoms with Crippen molar-refractivity contribution in [3.8, 4) is 0 Å². The lowest BCUT2D eigenvalue weighted by molar-refractivity contribution is 0.104. The molecule has 0 aliphatic carbocycles. The molecular weight excluding hydrogens is 338 g/mol. The minimum absolute atomic E-state index is 0.0408. The van der Waals surface area contributed by atoms with Crippen LogP contribution in [0.2, 0.25) is 5.02 Å². The SMILES string of the molecule is O=C(c1ccc(Cl)c(Br)c1)c1cccc2ncccc12. The maximum absolute atomic E-state index is 12.6. The van der Waals surface area contributed by atoms with Crippen LogP contribution in [-0.2, 0) is 0 Å². The van der Waals surface area contributed by atoms with Crippen molar-refractivity contribution in [2.24, 2.45) is 0 Å². The van der Waals surface area contributed by atoms with Gasteiger partial charge in [0.05, 0.1) is 10.5 Å². The van der Waals surface area contributed by atoms with E-state index in [0.29, 0.717) is 20.6 Å². The summed E-state index contributed by atoms with van der Waals surface area (Å²) in [7, 11) is 0. The standard InChI is InChI=1S/C16H9BrClNO/c17-13-9-10(6-7-14(13)18)16(20)12-3-1-5-15-11(12)4-2-8-19-15/h1-9H. The van der Waals surface area contributed by atoms with Crippen LogP contribution in [-0.4, -0.2) is 10.8 Å². The van der Waals surface area contributed by atoms with E-state index < -0.39 is 0 Å². The number of carbonyl (C=O) groups is 1. The lowest BCUT2D eigenvalue weighted by Gasteiger charge is -2.06. The number of ketones is 1. The molecule has 2 aromatic carbocycles. The molecule has 98 valence electrons. The van der Waals surface area contributed by atoms with Gasteiger partial charge in [0.25, 0.3) is 0 Å². The van der Waals surface area contributed by atoms with Gasteiger partial charge in [-0.1, -0.05) is 29.8 Å². The lowest BCUT2D eigenvalue weighted by Crippen LogP contribution is -2.02. The summed E-state index contributed by atoms with van der Waals surface area (Å²) < 4.78 is 0.711. The zero-order valence-corrected chi connectivity index (χ0v) is 12.6. The van der Waals surface area contributed by atoms with E-state index >= 15 is 0 Å². The van der Waals surface area contributed by atoms with Gasteiger partial charge in [0.15, 0.2) is 5.78 Å². The average molecular weight is 347 g/mol. The molecule has 0 spiro atoms. The Bertz CT molecular complexity index is 811. The minimum Gasteiger partial charge on any atom is -0.289 e. The van der Waals surface area contributed by atoms with Gasteiger partial charge in [0.2, 0.25) is 0 Å². The Morgan fingerprint density at radius 3 is 2.75 bits per heavy atom. The summed E-state index contributed by atoms with van der Waals surface area (Å²) >= 11 is 9.30. The number of rotatable bonds is 2. The van der Waals surface area contributed by atoms with Crippen molar-refractivity contribution in [2.75, 3.05) is 0 Å². The molecule has 0 radical (unpaired) electrons. The van der Waals surface area contributed by atoms with Crippen LogP contribution in [0.3, 0.4) is 0 Å². The predicted molar refractivity (Wildman–Crippen MR) is 84.3 cm³/mol. The second-order valence-corrected chi connectivity index (χ2v) is 5.60. The monoisotopic (exact) mass is 345 g/mol. The smallest absolute Gasteiger partial charge is 0.193 e. The third kappa shape index (κ3) is 2.35. The quantitative estimate of drug-likeness (QED) is 0.619. The molecule has 3 aromatic rings. The molecule has 0 fully saturated rings. The van der Waals surface area contributed by atoms with Crippen molar-refractivity contribution >= 4 is 44.2 Å². The molecule has 0 aliphatic rings. The molecule has 4 heteroatoms. The molecule has 3 rings (SSSR count). The fourth-order valence-electron chi connectivity index (χ4n) is 2.09. The zero-order valence-electron chi connectivity index (χ0n) is 10.3. The lowest BCUT2D eigenvalue weighted by atomic mass is 9.99. The Kier molecular flexibility index (Phi) is 3.55. The Morgan fingerprint density at radius 1 is 1.10 bits per heavy atom. The Labute approximate surface area is 129 Å². The molecule has 1 heterocycles. The van der Waals surface area contributed by atoms with E-state index in [2.05, 4.69) is 20.9 Å². The van der Waals surface area contributed by atoms with Crippen LogP contribution in [0.5, 0.6) is 0 Å². The Hall–Kier alpha value is -1.71. The highest BCUT2D eigenvalue weighted by molar-refractivity contribution is 9.10. The molecule has 0 saturated carbocycles. The van der Waals surface area contributed by atoms with E-state index in [1.54, 1.807) is 24.4 Å². The maximum Gasteiger partial charge on any atom is 0.193 e. The molecule has 2 nitrogen and oxygen atoms in total. The second-order valence-electron chi connectivity index (χ2n) is 4.33. The number of hydrogen-bond acceptors (Lipinski definition) is 2. The predicted octanol–water partition coefficient (Wildman–Crippen LogP) is 4.88. The summed E-state index contributed by atoms with van der Waals surface area (Å²) in [4.78, 5) is 16.9. The molecule has 20 heavy (non-hydrogen) atoms. The van der Waals surface area contributed by atoms with Gasteiger partial charge < -0.3 is 0 Å². The third-order valence-corrected chi connectivity index (χ3v) is 4.29. The number of nitrogens with zero attached hydrogens (tertiary/aromatic N) is 1. The number of carbonyl (C=O) groups excluding carboxylic acids is 1. The third-order valence-electron chi connectivity index (χ3n) is 3.07. The first-order valence-corrected chi connectivity index (χ1v) is 7.17. The Morgan fingerprint density at radius 2 is 1.95 bits per heavy atom. The van der Waals surface area contributed by atoms with E-state index in [1.165, 1.54) is 0 Å². The van der Waals surface area contributed by atoms with Gasteiger partial charge >= 0.3 is 0 Å². The van der Waals surface area contributed by atoms with Gasteiger partial charge in [-0.25, -0.2) is 0 Å². The molecule has 0 saturated heterocycles. The number of halogens is 2. The van der Waals surface area contributed by atoms with Crippen LogP contribution in [0.4, 0.5) is 0 Å². The summed E-state index contributed by atoms with van der Waals surface area (Å²) in [6, 6.07) is 14.5. The molecule has 1 aromatic heterocycles. The van der Waals surface area contributed by atoms with Crippen molar-refractivity contribution in [1.29, 1.82) is 0 Å². The molecule has 0 unspecified atom stereocenters. The topological polar surface area (TPSA) is 30.0 Å². The van der Waals surface area contributed by atoms with Gasteiger partial charge in [0.1, 0.15) is 0 Å². The average Bonchev–Trinajstić information content (AvgIpc) is 2.49. The molecule has 0 bridgehead atoms. The summed E-state index contributed by atoms with van der Waals surface area (Å²) in [5.74, 6) is -0.0408. The fraction of sp³-hybridized carbons (Fsp3) is 0. The van der Waals surface area contributed by atoms with Crippen LogP contribution in [0.25, 0.3) is 10.9 Å². The van der Waals surface area contributed by atoms with Gasteiger partial charge in [-0.2, -0.15) is 0 Å². The number of fused-ring (bicyclic) bond motifs is 1. The summed E-state index contributed by atoms with van der Waals surface area (Å²) in [5.41, 5.74) is 2.05. The van der Waals surface area contributed by atoms with E-state index in [-0.39, 0.29) is 5.78 Å². The van der Waals surface area contributed by atoms with E-state index in [9.17, 15) is 4.79 Å². The second kappa shape index (κ2) is 5.35. The van der Waals surface area contributed by atoms with Crippen LogP contribution in [0.1, 0.15) is 15.9 Å². The molecule has 0 N–H and O–H groups in total. The van der Waals surface area contributed by atoms with Crippen LogP contribution < -0.4 is 0 Å². The van der Waals surface area contributed by atoms with Gasteiger partial charge in [-0.3, -0.25) is 9.78 Å². The highest BCUT2D eigenvalue weighted by atomic mass is 79.9. The summed E-state index contributed by atoms with van der Waals surface area (Å²) in [6.45, 7) is 0. The fourth-order valence-corrected chi connectivity index (χ4v) is 2.59. The van der Waals surface area contributed by atoms with Crippen molar-refractivity contribution in [3.63, 3.8) is 0 Å². The van der Waals surface area contributed by atoms with Crippen LogP contribution >= 0.6 is 27.5 Å². The molecule has 0 atom stereocenters. The van der Waals surface area contributed by atoms with Crippen LogP contribution in [0, 0.1) is 0 Å². The maximum atomic E-state index is 12.6. The van der Waals surface area contributed by atoms with Gasteiger partial charge in [0, 0.05) is 27.2 Å². The molecule has 0 aliphatic heterocycles. The Balaban J connectivity index is 2.15. The van der Waals surface area contributed by atoms with Crippen molar-refractivity contribution < 1.29 is 4.79 Å². The van der Waals surface area contributed by atoms with Crippen LogP contribution in [0.15, 0.2) is 59.2 Å². The van der Waals surface area contributed by atoms with Gasteiger partial charge in [-0.05, 0) is 46.3 Å². The number of benzene rings is 2. The summed E-state index contributed by atoms with van der Waals surface area (Å²) in [6.07, 6.45) is 1.72. The van der Waals surface area contributed by atoms with Crippen molar-refractivity contribution in [2.45, 2.75) is 0 Å². The first kappa shape index (κ1) is 13.3. The normalized spacial score (nSPS) is 10.7. The first-order valence-electron chi connectivity index (χ1n) is 6.00. The van der Waals surface area contributed by atoms with E-state index in [0.717, 1.165) is 10.9 Å². The van der Waals surface area contributed by atoms with E-state index in [4.69, 9.17) is 11.6 Å². The van der Waals surface area contributed by atoms with E-state index in [1.807, 2.05) is 30.3 Å². The first-order chi connectivity index (χ1) is 9.66. The highest BCUT2D eigenvalue weighted by Gasteiger charge is 2.13. The number of pyridine rings is 1.